The van der Waals surface area contributed by atoms with Crippen molar-refractivity contribution in [3.63, 3.8) is 0 Å². The van der Waals surface area contributed by atoms with Crippen LogP contribution in [0.2, 0.25) is 0 Å². The molecule has 2 N–H and O–H groups in total. The van der Waals surface area contributed by atoms with Gasteiger partial charge in [-0.05, 0) is 38.0 Å². The topological polar surface area (TPSA) is 97.0 Å². The second-order valence-corrected chi connectivity index (χ2v) is 6.37. The first-order chi connectivity index (χ1) is 11.9. The molecule has 8 heteroatoms. The van der Waals surface area contributed by atoms with Crippen molar-refractivity contribution in [1.82, 2.24) is 15.5 Å². The number of carbonyl (C=O) groups excluding carboxylic acids is 3. The maximum Gasteiger partial charge on any atom is 0.325 e. The summed E-state index contributed by atoms with van der Waals surface area (Å²) in [5.41, 5.74) is 0.769. The molecule has 2 aliphatic rings. The predicted molar refractivity (Wildman–Crippen MR) is 87.9 cm³/mol. The molecule has 2 heterocycles. The van der Waals surface area contributed by atoms with Crippen molar-refractivity contribution in [2.24, 2.45) is 0 Å². The van der Waals surface area contributed by atoms with Crippen LogP contribution < -0.4 is 20.1 Å². The molecule has 1 saturated heterocycles. The Morgan fingerprint density at radius 1 is 1.32 bits per heavy atom. The predicted octanol–water partition coefficient (Wildman–Crippen LogP) is 1.14. The van der Waals surface area contributed by atoms with Gasteiger partial charge in [-0.3, -0.25) is 14.5 Å². The normalized spacial score (nSPS) is 18.7. The van der Waals surface area contributed by atoms with Crippen LogP contribution in [0.4, 0.5) is 4.79 Å². The molecule has 1 atom stereocenters. The summed E-state index contributed by atoms with van der Waals surface area (Å²) in [6.07, 6.45) is 0.466. The van der Waals surface area contributed by atoms with Gasteiger partial charge < -0.3 is 20.1 Å². The minimum absolute atomic E-state index is 0.0453. The average molecular weight is 347 g/mol. The molecule has 0 bridgehead atoms. The number of amides is 4. The molecule has 1 aromatic rings. The lowest BCUT2D eigenvalue weighted by Crippen LogP contribution is -2.34. The van der Waals surface area contributed by atoms with Crippen LogP contribution in [0, 0.1) is 0 Å². The summed E-state index contributed by atoms with van der Waals surface area (Å²) in [7, 11) is 0. The molecule has 25 heavy (non-hydrogen) atoms. The van der Waals surface area contributed by atoms with E-state index in [0.717, 1.165) is 10.5 Å². The standard InChI is InChI=1S/C17H21N3O5/c1-10(2)18-15(21)6-4-12-16(22)20(17(23)19-12)8-11-3-5-13-14(7-11)25-9-24-13/h3,5,7,10,12H,4,6,8-9H2,1-2H3,(H,18,21)(H,19,23). The third-order valence-electron chi connectivity index (χ3n) is 3.99. The van der Waals surface area contributed by atoms with E-state index < -0.39 is 12.1 Å². The van der Waals surface area contributed by atoms with Crippen molar-refractivity contribution in [2.45, 2.75) is 45.3 Å². The molecule has 1 fully saturated rings. The lowest BCUT2D eigenvalue weighted by Gasteiger charge is -2.13. The van der Waals surface area contributed by atoms with E-state index in [4.69, 9.17) is 9.47 Å². The monoisotopic (exact) mass is 347 g/mol. The first kappa shape index (κ1) is 17.1. The van der Waals surface area contributed by atoms with Gasteiger partial charge in [-0.25, -0.2) is 4.79 Å². The van der Waals surface area contributed by atoms with Crippen molar-refractivity contribution in [3.8, 4) is 11.5 Å². The van der Waals surface area contributed by atoms with E-state index in [1.165, 1.54) is 0 Å². The van der Waals surface area contributed by atoms with Crippen molar-refractivity contribution in [1.29, 1.82) is 0 Å². The van der Waals surface area contributed by atoms with E-state index in [1.54, 1.807) is 18.2 Å². The Hall–Kier alpha value is -2.77. The molecule has 1 aromatic carbocycles. The van der Waals surface area contributed by atoms with Gasteiger partial charge in [-0.2, -0.15) is 0 Å². The summed E-state index contributed by atoms with van der Waals surface area (Å²) in [5, 5.41) is 5.40. The van der Waals surface area contributed by atoms with Gasteiger partial charge in [0.1, 0.15) is 6.04 Å². The van der Waals surface area contributed by atoms with Gasteiger partial charge in [-0.1, -0.05) is 6.07 Å². The number of imide groups is 1. The summed E-state index contributed by atoms with van der Waals surface area (Å²) >= 11 is 0. The van der Waals surface area contributed by atoms with Crippen LogP contribution in [0.15, 0.2) is 18.2 Å². The minimum Gasteiger partial charge on any atom is -0.454 e. The first-order valence-electron chi connectivity index (χ1n) is 8.24. The molecule has 8 nitrogen and oxygen atoms in total. The summed E-state index contributed by atoms with van der Waals surface area (Å²) in [6, 6.07) is 4.23. The van der Waals surface area contributed by atoms with E-state index in [2.05, 4.69) is 10.6 Å². The van der Waals surface area contributed by atoms with Crippen molar-refractivity contribution in [3.05, 3.63) is 23.8 Å². The number of ether oxygens (including phenoxy) is 2. The first-order valence-corrected chi connectivity index (χ1v) is 8.24. The van der Waals surface area contributed by atoms with E-state index in [1.807, 2.05) is 13.8 Å². The van der Waals surface area contributed by atoms with Gasteiger partial charge in [0.05, 0.1) is 6.54 Å². The van der Waals surface area contributed by atoms with Crippen molar-refractivity contribution >= 4 is 17.8 Å². The fourth-order valence-electron chi connectivity index (χ4n) is 2.81. The molecule has 3 rings (SSSR count). The van der Waals surface area contributed by atoms with E-state index >= 15 is 0 Å². The molecule has 134 valence electrons. The van der Waals surface area contributed by atoms with Crippen molar-refractivity contribution < 1.29 is 23.9 Å². The van der Waals surface area contributed by atoms with Crippen LogP contribution in [-0.4, -0.2) is 41.6 Å². The second kappa shape index (κ2) is 7.00. The number of hydrogen-bond acceptors (Lipinski definition) is 5. The van der Waals surface area contributed by atoms with Crippen LogP contribution in [0.25, 0.3) is 0 Å². The molecule has 0 radical (unpaired) electrons. The number of nitrogens with zero attached hydrogens (tertiary/aromatic N) is 1. The van der Waals surface area contributed by atoms with Gasteiger partial charge >= 0.3 is 6.03 Å². The van der Waals surface area contributed by atoms with E-state index in [9.17, 15) is 14.4 Å². The van der Waals surface area contributed by atoms with E-state index in [0.29, 0.717) is 11.5 Å². The third kappa shape index (κ3) is 3.84. The second-order valence-electron chi connectivity index (χ2n) is 6.37. The summed E-state index contributed by atoms with van der Waals surface area (Å²) < 4.78 is 10.5. The number of rotatable bonds is 6. The highest BCUT2D eigenvalue weighted by molar-refractivity contribution is 6.04. The van der Waals surface area contributed by atoms with Crippen LogP contribution in [-0.2, 0) is 16.1 Å². The highest BCUT2D eigenvalue weighted by atomic mass is 16.7. The molecule has 0 aromatic heterocycles. The number of carbonyl (C=O) groups is 3. The van der Waals surface area contributed by atoms with Gasteiger partial charge in [-0.15, -0.1) is 0 Å². The Labute approximate surface area is 145 Å². The summed E-state index contributed by atoms with van der Waals surface area (Å²) in [5.74, 6) is 0.799. The molecule has 0 aliphatic carbocycles. The number of benzene rings is 1. The molecule has 0 saturated carbocycles. The number of hydrogen-bond donors (Lipinski definition) is 2. The Morgan fingerprint density at radius 2 is 2.08 bits per heavy atom. The summed E-state index contributed by atoms with van der Waals surface area (Å²) in [4.78, 5) is 37.4. The quantitative estimate of drug-likeness (QED) is 0.752. The fraction of sp³-hybridized carbons (Fsp3) is 0.471. The Kier molecular flexibility index (Phi) is 4.78. The zero-order chi connectivity index (χ0) is 18.0. The van der Waals surface area contributed by atoms with Gasteiger partial charge in [0.2, 0.25) is 12.7 Å². The Morgan fingerprint density at radius 3 is 2.84 bits per heavy atom. The van der Waals surface area contributed by atoms with Gasteiger partial charge in [0, 0.05) is 12.5 Å². The molecular formula is C17H21N3O5. The van der Waals surface area contributed by atoms with Gasteiger partial charge in [0.25, 0.3) is 5.91 Å². The zero-order valence-electron chi connectivity index (χ0n) is 14.2. The largest absolute Gasteiger partial charge is 0.454 e. The number of fused-ring (bicyclic) bond motifs is 1. The lowest BCUT2D eigenvalue weighted by atomic mass is 10.1. The molecule has 4 amide bonds. The minimum atomic E-state index is -0.667. The van der Waals surface area contributed by atoms with Crippen molar-refractivity contribution in [2.75, 3.05) is 6.79 Å². The van der Waals surface area contributed by atoms with Crippen LogP contribution in [0.5, 0.6) is 11.5 Å². The SMILES string of the molecule is CC(C)NC(=O)CCC1NC(=O)N(Cc2ccc3c(c2)OCO3)C1=O. The fourth-order valence-corrected chi connectivity index (χ4v) is 2.81. The van der Waals surface area contributed by atoms with Gasteiger partial charge in [0.15, 0.2) is 11.5 Å². The zero-order valence-corrected chi connectivity index (χ0v) is 14.2. The highest BCUT2D eigenvalue weighted by Gasteiger charge is 2.38. The smallest absolute Gasteiger partial charge is 0.325 e. The molecular weight excluding hydrogens is 326 g/mol. The lowest BCUT2D eigenvalue weighted by molar-refractivity contribution is -0.128. The molecule has 0 spiro atoms. The number of nitrogens with one attached hydrogen (secondary N) is 2. The maximum atomic E-state index is 12.4. The maximum absolute atomic E-state index is 12.4. The third-order valence-corrected chi connectivity index (χ3v) is 3.99. The van der Waals surface area contributed by atoms with Crippen LogP contribution >= 0.6 is 0 Å². The average Bonchev–Trinajstić information content (AvgIpc) is 3.11. The molecule has 2 aliphatic heterocycles. The summed E-state index contributed by atoms with van der Waals surface area (Å²) in [6.45, 7) is 4.05. The van der Waals surface area contributed by atoms with E-state index in [-0.39, 0.29) is 44.0 Å². The number of urea groups is 1. The Balaban J connectivity index is 1.59. The van der Waals surface area contributed by atoms with Crippen LogP contribution in [0.1, 0.15) is 32.3 Å². The van der Waals surface area contributed by atoms with Crippen LogP contribution in [0.3, 0.4) is 0 Å². The molecule has 1 unspecified atom stereocenters. The highest BCUT2D eigenvalue weighted by Crippen LogP contribution is 2.33. The Bertz CT molecular complexity index is 704.